The summed E-state index contributed by atoms with van der Waals surface area (Å²) >= 11 is 9.16. The number of carbonyl (C=O) groups is 2. The van der Waals surface area contributed by atoms with Crippen LogP contribution in [0.3, 0.4) is 0 Å². The van der Waals surface area contributed by atoms with Crippen molar-refractivity contribution < 1.29 is 14.7 Å². The Morgan fingerprint density at radius 2 is 2.21 bits per heavy atom. The van der Waals surface area contributed by atoms with Crippen LogP contribution in [0.4, 0.5) is 10.5 Å². The summed E-state index contributed by atoms with van der Waals surface area (Å²) in [6.07, 6.45) is 1.18. The maximum atomic E-state index is 12.1. The molecule has 1 heterocycles. The number of carbonyl (C=O) groups excluding carboxylic acids is 1. The Bertz CT molecular complexity index is 524. The number of aliphatic carboxylic acids is 1. The van der Waals surface area contributed by atoms with Gasteiger partial charge in [0.25, 0.3) is 0 Å². The molecule has 1 saturated heterocycles. The fraction of sp³-hybridized carbons (Fsp3) is 0.333. The van der Waals surface area contributed by atoms with Crippen molar-refractivity contribution in [2.45, 2.75) is 18.9 Å². The zero-order valence-electron chi connectivity index (χ0n) is 9.90. The zero-order valence-corrected chi connectivity index (χ0v) is 12.2. The fourth-order valence-corrected chi connectivity index (χ4v) is 2.56. The standard InChI is InChI=1S/C12H12BrClN2O3/c13-8-4-3-7(14)6-9(8)15-12(19)16-5-1-2-10(16)11(17)18/h3-4,6,10H,1-2,5H2,(H,15,19)(H,17,18)/t10-/m0/s1. The molecule has 19 heavy (non-hydrogen) atoms. The van der Waals surface area contributed by atoms with Crippen LogP contribution in [0.15, 0.2) is 22.7 Å². The van der Waals surface area contributed by atoms with E-state index in [0.29, 0.717) is 34.6 Å². The van der Waals surface area contributed by atoms with Crippen molar-refractivity contribution in [3.8, 4) is 0 Å². The van der Waals surface area contributed by atoms with E-state index in [2.05, 4.69) is 21.2 Å². The number of anilines is 1. The molecule has 2 amide bonds. The molecule has 2 N–H and O–H groups in total. The molecule has 1 aromatic rings. The van der Waals surface area contributed by atoms with Crippen LogP contribution in [0.5, 0.6) is 0 Å². The van der Waals surface area contributed by atoms with Crippen LogP contribution in [0.25, 0.3) is 0 Å². The van der Waals surface area contributed by atoms with Gasteiger partial charge < -0.3 is 15.3 Å². The highest BCUT2D eigenvalue weighted by Crippen LogP contribution is 2.27. The number of carboxylic acid groups (broad SMARTS) is 1. The van der Waals surface area contributed by atoms with Crippen molar-refractivity contribution in [3.63, 3.8) is 0 Å². The lowest BCUT2D eigenvalue weighted by Gasteiger charge is -2.22. The number of hydrogen-bond acceptors (Lipinski definition) is 2. The van der Waals surface area contributed by atoms with E-state index in [-0.39, 0.29) is 0 Å². The van der Waals surface area contributed by atoms with Crippen molar-refractivity contribution in [1.82, 2.24) is 4.90 Å². The predicted molar refractivity (Wildman–Crippen MR) is 75.5 cm³/mol. The van der Waals surface area contributed by atoms with Crippen molar-refractivity contribution in [1.29, 1.82) is 0 Å². The molecule has 0 saturated carbocycles. The molecule has 0 radical (unpaired) electrons. The Hall–Kier alpha value is -1.27. The Balaban J connectivity index is 2.12. The summed E-state index contributed by atoms with van der Waals surface area (Å²) in [5.74, 6) is -0.974. The second-order valence-electron chi connectivity index (χ2n) is 4.24. The number of benzene rings is 1. The summed E-state index contributed by atoms with van der Waals surface area (Å²) in [7, 11) is 0. The van der Waals surface area contributed by atoms with Crippen molar-refractivity contribution in [2.24, 2.45) is 0 Å². The number of rotatable bonds is 2. The first-order chi connectivity index (χ1) is 8.99. The molecule has 1 aliphatic heterocycles. The van der Waals surface area contributed by atoms with E-state index in [1.54, 1.807) is 18.2 Å². The number of nitrogens with one attached hydrogen (secondary N) is 1. The van der Waals surface area contributed by atoms with E-state index in [1.165, 1.54) is 4.90 Å². The van der Waals surface area contributed by atoms with Crippen LogP contribution < -0.4 is 5.32 Å². The van der Waals surface area contributed by atoms with Crippen LogP contribution >= 0.6 is 27.5 Å². The molecule has 1 aliphatic rings. The van der Waals surface area contributed by atoms with E-state index in [9.17, 15) is 9.59 Å². The van der Waals surface area contributed by atoms with Crippen molar-refractivity contribution >= 4 is 45.2 Å². The van der Waals surface area contributed by atoms with Crippen molar-refractivity contribution in [2.75, 3.05) is 11.9 Å². The highest BCUT2D eigenvalue weighted by Gasteiger charge is 2.34. The summed E-state index contributed by atoms with van der Waals surface area (Å²) in [6.45, 7) is 0.445. The van der Waals surface area contributed by atoms with Crippen LogP contribution in [0.1, 0.15) is 12.8 Å². The normalized spacial score (nSPS) is 18.4. The molecule has 0 bridgehead atoms. The van der Waals surface area contributed by atoms with E-state index in [4.69, 9.17) is 16.7 Å². The maximum absolute atomic E-state index is 12.1. The third-order valence-electron chi connectivity index (χ3n) is 2.97. The van der Waals surface area contributed by atoms with E-state index in [1.807, 2.05) is 0 Å². The summed E-state index contributed by atoms with van der Waals surface area (Å²) in [5.41, 5.74) is 0.522. The smallest absolute Gasteiger partial charge is 0.326 e. The number of amides is 2. The molecule has 1 aromatic carbocycles. The van der Waals surface area contributed by atoms with Crippen molar-refractivity contribution in [3.05, 3.63) is 27.7 Å². The number of urea groups is 1. The molecular weight excluding hydrogens is 336 g/mol. The second-order valence-corrected chi connectivity index (χ2v) is 5.53. The van der Waals surface area contributed by atoms with Crippen LogP contribution in [-0.2, 0) is 4.79 Å². The first-order valence-electron chi connectivity index (χ1n) is 5.74. The first kappa shape index (κ1) is 14.1. The lowest BCUT2D eigenvalue weighted by molar-refractivity contribution is -0.141. The minimum atomic E-state index is -0.974. The van der Waals surface area contributed by atoms with Gasteiger partial charge in [0.1, 0.15) is 6.04 Å². The first-order valence-corrected chi connectivity index (χ1v) is 6.91. The van der Waals surface area contributed by atoms with E-state index >= 15 is 0 Å². The molecule has 0 unspecified atom stereocenters. The Morgan fingerprint density at radius 1 is 1.47 bits per heavy atom. The lowest BCUT2D eigenvalue weighted by atomic mass is 10.2. The second kappa shape index (κ2) is 5.79. The SMILES string of the molecule is O=C(O)[C@@H]1CCCN1C(=O)Nc1cc(Cl)ccc1Br. The van der Waals surface area contributed by atoms with Gasteiger partial charge in [-0.2, -0.15) is 0 Å². The molecule has 5 nitrogen and oxygen atoms in total. The van der Waals surface area contributed by atoms with E-state index in [0.717, 1.165) is 0 Å². The largest absolute Gasteiger partial charge is 0.480 e. The molecule has 102 valence electrons. The summed E-state index contributed by atoms with van der Waals surface area (Å²) < 4.78 is 0.691. The predicted octanol–water partition coefficient (Wildman–Crippen LogP) is 3.18. The summed E-state index contributed by atoms with van der Waals surface area (Å²) in [5, 5.41) is 12.2. The minimum Gasteiger partial charge on any atom is -0.480 e. The third kappa shape index (κ3) is 3.19. The van der Waals surface area contributed by atoms with Gasteiger partial charge in [0.15, 0.2) is 0 Å². The Labute approximate surface area is 123 Å². The topological polar surface area (TPSA) is 69.6 Å². The highest BCUT2D eigenvalue weighted by molar-refractivity contribution is 9.10. The number of hydrogen-bond donors (Lipinski definition) is 2. The molecular formula is C12H12BrClN2O3. The average molecular weight is 348 g/mol. The fourth-order valence-electron chi connectivity index (χ4n) is 2.05. The highest BCUT2D eigenvalue weighted by atomic mass is 79.9. The van der Waals surface area contributed by atoms with Gasteiger partial charge in [-0.1, -0.05) is 11.6 Å². The molecule has 2 rings (SSSR count). The van der Waals surface area contributed by atoms with Gasteiger partial charge in [0.05, 0.1) is 5.69 Å². The Morgan fingerprint density at radius 3 is 2.89 bits per heavy atom. The van der Waals surface area contributed by atoms with Gasteiger partial charge in [-0.3, -0.25) is 0 Å². The number of halogens is 2. The minimum absolute atomic E-state index is 0.423. The van der Waals surface area contributed by atoms with Gasteiger partial charge in [0.2, 0.25) is 0 Å². The third-order valence-corrected chi connectivity index (χ3v) is 3.90. The number of carboxylic acids is 1. The average Bonchev–Trinajstić information content (AvgIpc) is 2.83. The number of nitrogens with zero attached hydrogens (tertiary/aromatic N) is 1. The zero-order chi connectivity index (χ0) is 14.0. The summed E-state index contributed by atoms with van der Waals surface area (Å²) in [6, 6.07) is 3.84. The molecule has 0 aliphatic carbocycles. The van der Waals surface area contributed by atoms with Crippen LogP contribution in [0.2, 0.25) is 5.02 Å². The van der Waals surface area contributed by atoms with Gasteiger partial charge >= 0.3 is 12.0 Å². The molecule has 7 heteroatoms. The molecule has 1 fully saturated rings. The summed E-state index contributed by atoms with van der Waals surface area (Å²) in [4.78, 5) is 24.4. The van der Waals surface area contributed by atoms with Gasteiger partial charge in [-0.25, -0.2) is 9.59 Å². The van der Waals surface area contributed by atoms with Crippen LogP contribution in [-0.4, -0.2) is 34.6 Å². The van der Waals surface area contributed by atoms with E-state index < -0.39 is 18.0 Å². The van der Waals surface area contributed by atoms with Gasteiger partial charge in [0, 0.05) is 16.0 Å². The Kier molecular flexibility index (Phi) is 4.31. The number of likely N-dealkylation sites (tertiary alicyclic amines) is 1. The molecule has 1 atom stereocenters. The quantitative estimate of drug-likeness (QED) is 0.863. The monoisotopic (exact) mass is 346 g/mol. The van der Waals surface area contributed by atoms with Crippen LogP contribution in [0, 0.1) is 0 Å². The maximum Gasteiger partial charge on any atom is 0.326 e. The van der Waals surface area contributed by atoms with Gasteiger partial charge in [-0.05, 0) is 47.0 Å². The van der Waals surface area contributed by atoms with Gasteiger partial charge in [-0.15, -0.1) is 0 Å². The molecule has 0 spiro atoms. The lowest BCUT2D eigenvalue weighted by Crippen LogP contribution is -2.42. The molecule has 0 aromatic heterocycles.